The van der Waals surface area contributed by atoms with Crippen molar-refractivity contribution in [3.05, 3.63) is 29.8 Å². The van der Waals surface area contributed by atoms with Crippen LogP contribution in [0.1, 0.15) is 32.3 Å². The van der Waals surface area contributed by atoms with Gasteiger partial charge in [-0.15, -0.1) is 0 Å². The van der Waals surface area contributed by atoms with Crippen LogP contribution in [0, 0.1) is 12.3 Å². The largest absolute Gasteiger partial charge is 0.329 e. The van der Waals surface area contributed by atoms with E-state index in [0.717, 1.165) is 18.5 Å². The van der Waals surface area contributed by atoms with E-state index in [1.807, 2.05) is 45.0 Å². The summed E-state index contributed by atoms with van der Waals surface area (Å²) in [4.78, 5) is 12.2. The van der Waals surface area contributed by atoms with Gasteiger partial charge in [-0.1, -0.05) is 31.5 Å². The second-order valence-corrected chi connectivity index (χ2v) is 4.51. The molecule has 0 aliphatic rings. The number of benzene rings is 1. The van der Waals surface area contributed by atoms with Crippen LogP contribution < -0.4 is 11.1 Å². The van der Waals surface area contributed by atoms with E-state index in [-0.39, 0.29) is 5.91 Å². The zero-order valence-electron chi connectivity index (χ0n) is 10.9. The molecule has 0 atom stereocenters. The van der Waals surface area contributed by atoms with Gasteiger partial charge in [-0.2, -0.15) is 0 Å². The molecule has 3 nitrogen and oxygen atoms in total. The van der Waals surface area contributed by atoms with Crippen LogP contribution in [0.2, 0.25) is 0 Å². The van der Waals surface area contributed by atoms with Crippen LogP contribution in [-0.4, -0.2) is 12.5 Å². The van der Waals surface area contributed by atoms with Crippen LogP contribution in [0.15, 0.2) is 24.3 Å². The van der Waals surface area contributed by atoms with E-state index in [9.17, 15) is 4.79 Å². The van der Waals surface area contributed by atoms with E-state index in [4.69, 9.17) is 5.73 Å². The summed E-state index contributed by atoms with van der Waals surface area (Å²) in [6, 6.07) is 7.80. The molecule has 0 spiro atoms. The molecule has 0 radical (unpaired) electrons. The zero-order valence-corrected chi connectivity index (χ0v) is 10.9. The number of carbonyl (C=O) groups excluding carboxylic acids is 1. The van der Waals surface area contributed by atoms with E-state index in [1.54, 1.807) is 0 Å². The highest BCUT2D eigenvalue weighted by atomic mass is 16.2. The lowest BCUT2D eigenvalue weighted by Gasteiger charge is -2.28. The number of hydrogen-bond donors (Lipinski definition) is 2. The highest BCUT2D eigenvalue weighted by Gasteiger charge is 2.33. The minimum absolute atomic E-state index is 0.0221. The average Bonchev–Trinajstić information content (AvgIpc) is 2.35. The van der Waals surface area contributed by atoms with Crippen LogP contribution in [0.3, 0.4) is 0 Å². The number of rotatable bonds is 5. The van der Waals surface area contributed by atoms with Crippen molar-refractivity contribution >= 4 is 11.6 Å². The van der Waals surface area contributed by atoms with Gasteiger partial charge >= 0.3 is 0 Å². The van der Waals surface area contributed by atoms with Crippen LogP contribution in [-0.2, 0) is 4.79 Å². The maximum atomic E-state index is 12.2. The van der Waals surface area contributed by atoms with Crippen molar-refractivity contribution in [1.82, 2.24) is 0 Å². The number of aryl methyl sites for hydroxylation is 1. The minimum Gasteiger partial charge on any atom is -0.329 e. The van der Waals surface area contributed by atoms with E-state index in [0.29, 0.717) is 6.54 Å². The van der Waals surface area contributed by atoms with Crippen molar-refractivity contribution in [3.63, 3.8) is 0 Å². The Morgan fingerprint density at radius 3 is 2.18 bits per heavy atom. The second-order valence-electron chi connectivity index (χ2n) is 4.51. The van der Waals surface area contributed by atoms with Gasteiger partial charge in [-0.25, -0.2) is 0 Å². The standard InChI is InChI=1S/C14H22N2O/c1-4-14(5-2,10-15)13(17)16-12-8-6-11(3)7-9-12/h6-9H,4-5,10,15H2,1-3H3,(H,16,17). The molecule has 0 saturated heterocycles. The Balaban J connectivity index is 2.80. The third-order valence-corrected chi connectivity index (χ3v) is 3.54. The topological polar surface area (TPSA) is 55.1 Å². The summed E-state index contributed by atoms with van der Waals surface area (Å²) >= 11 is 0. The maximum Gasteiger partial charge on any atom is 0.231 e. The van der Waals surface area contributed by atoms with Crippen LogP contribution in [0.25, 0.3) is 0 Å². The second kappa shape index (κ2) is 5.82. The normalized spacial score (nSPS) is 11.3. The molecule has 0 heterocycles. The fourth-order valence-corrected chi connectivity index (χ4v) is 1.85. The van der Waals surface area contributed by atoms with Gasteiger partial charge in [0.2, 0.25) is 5.91 Å². The molecule has 0 aromatic heterocycles. The molecule has 0 aliphatic carbocycles. The Morgan fingerprint density at radius 1 is 1.24 bits per heavy atom. The summed E-state index contributed by atoms with van der Waals surface area (Å²) in [7, 11) is 0. The maximum absolute atomic E-state index is 12.2. The predicted octanol–water partition coefficient (Wildman–Crippen LogP) is 2.70. The summed E-state index contributed by atoms with van der Waals surface area (Å²) in [6.07, 6.45) is 1.52. The number of nitrogens with one attached hydrogen (secondary N) is 1. The molecule has 3 heteroatoms. The molecule has 0 unspecified atom stereocenters. The molecule has 94 valence electrons. The molecule has 0 bridgehead atoms. The molecule has 0 saturated carbocycles. The highest BCUT2D eigenvalue weighted by Crippen LogP contribution is 2.26. The van der Waals surface area contributed by atoms with E-state index >= 15 is 0 Å². The average molecular weight is 234 g/mol. The molecule has 0 fully saturated rings. The summed E-state index contributed by atoms with van der Waals surface area (Å²) in [5.41, 5.74) is 7.32. The van der Waals surface area contributed by atoms with Gasteiger partial charge in [0.1, 0.15) is 0 Å². The lowest BCUT2D eigenvalue weighted by molar-refractivity contribution is -0.125. The Bertz CT molecular complexity index is 358. The summed E-state index contributed by atoms with van der Waals surface area (Å²) in [6.45, 7) is 6.42. The van der Waals surface area contributed by atoms with Crippen molar-refractivity contribution < 1.29 is 4.79 Å². The molecular formula is C14H22N2O. The smallest absolute Gasteiger partial charge is 0.231 e. The Labute approximate surface area is 103 Å². The number of amides is 1. The third-order valence-electron chi connectivity index (χ3n) is 3.54. The van der Waals surface area contributed by atoms with Crippen molar-refractivity contribution in [1.29, 1.82) is 0 Å². The molecule has 1 rings (SSSR count). The first-order valence-electron chi connectivity index (χ1n) is 6.16. The zero-order chi connectivity index (χ0) is 12.9. The van der Waals surface area contributed by atoms with Crippen molar-refractivity contribution in [2.45, 2.75) is 33.6 Å². The Hall–Kier alpha value is -1.35. The highest BCUT2D eigenvalue weighted by molar-refractivity contribution is 5.95. The summed E-state index contributed by atoms with van der Waals surface area (Å²) in [5, 5.41) is 2.94. The van der Waals surface area contributed by atoms with Gasteiger partial charge in [0, 0.05) is 12.2 Å². The molecule has 1 amide bonds. The van der Waals surface area contributed by atoms with Crippen LogP contribution in [0.5, 0.6) is 0 Å². The lowest BCUT2D eigenvalue weighted by Crippen LogP contribution is -2.41. The first kappa shape index (κ1) is 13.7. The van der Waals surface area contributed by atoms with Gasteiger partial charge in [0.05, 0.1) is 5.41 Å². The number of nitrogens with two attached hydrogens (primary N) is 1. The molecule has 3 N–H and O–H groups in total. The van der Waals surface area contributed by atoms with E-state index < -0.39 is 5.41 Å². The van der Waals surface area contributed by atoms with Gasteiger partial charge in [0.15, 0.2) is 0 Å². The van der Waals surface area contributed by atoms with Crippen LogP contribution in [0.4, 0.5) is 5.69 Å². The summed E-state index contributed by atoms with van der Waals surface area (Å²) in [5.74, 6) is 0.0221. The number of hydrogen-bond acceptors (Lipinski definition) is 2. The fraction of sp³-hybridized carbons (Fsp3) is 0.500. The fourth-order valence-electron chi connectivity index (χ4n) is 1.85. The third kappa shape index (κ3) is 3.07. The van der Waals surface area contributed by atoms with Gasteiger partial charge in [0.25, 0.3) is 0 Å². The quantitative estimate of drug-likeness (QED) is 0.823. The monoisotopic (exact) mass is 234 g/mol. The van der Waals surface area contributed by atoms with Crippen molar-refractivity contribution in [2.24, 2.45) is 11.1 Å². The molecule has 0 aliphatic heterocycles. The van der Waals surface area contributed by atoms with Gasteiger partial charge in [-0.3, -0.25) is 4.79 Å². The minimum atomic E-state index is -0.440. The van der Waals surface area contributed by atoms with E-state index in [1.165, 1.54) is 5.56 Å². The SMILES string of the molecule is CCC(CC)(CN)C(=O)Nc1ccc(C)cc1. The number of carbonyl (C=O) groups is 1. The van der Waals surface area contributed by atoms with Gasteiger partial charge in [-0.05, 0) is 31.9 Å². The Kier molecular flexibility index (Phi) is 4.70. The molecule has 17 heavy (non-hydrogen) atoms. The van der Waals surface area contributed by atoms with Gasteiger partial charge < -0.3 is 11.1 Å². The van der Waals surface area contributed by atoms with E-state index in [2.05, 4.69) is 5.32 Å². The summed E-state index contributed by atoms with van der Waals surface area (Å²) < 4.78 is 0. The Morgan fingerprint density at radius 2 is 1.76 bits per heavy atom. The lowest BCUT2D eigenvalue weighted by atomic mass is 9.81. The first-order chi connectivity index (χ1) is 8.07. The molecule has 1 aromatic carbocycles. The number of anilines is 1. The first-order valence-corrected chi connectivity index (χ1v) is 6.16. The predicted molar refractivity (Wildman–Crippen MR) is 71.9 cm³/mol. The van der Waals surface area contributed by atoms with Crippen molar-refractivity contribution in [2.75, 3.05) is 11.9 Å². The van der Waals surface area contributed by atoms with Crippen molar-refractivity contribution in [3.8, 4) is 0 Å². The molecular weight excluding hydrogens is 212 g/mol. The molecule has 1 aromatic rings. The van der Waals surface area contributed by atoms with Crippen LogP contribution >= 0.6 is 0 Å².